The van der Waals surface area contributed by atoms with E-state index >= 15 is 0 Å². The van der Waals surface area contributed by atoms with E-state index in [2.05, 4.69) is 10.6 Å². The summed E-state index contributed by atoms with van der Waals surface area (Å²) in [5.41, 5.74) is 9.13. The fourth-order valence-corrected chi connectivity index (χ4v) is 2.55. The zero-order valence-electron chi connectivity index (χ0n) is 13.9. The molecule has 0 fully saturated rings. The zero-order valence-corrected chi connectivity index (χ0v) is 13.9. The van der Waals surface area contributed by atoms with E-state index < -0.39 is 0 Å². The number of aryl methyl sites for hydroxylation is 1. The van der Waals surface area contributed by atoms with E-state index in [0.29, 0.717) is 12.1 Å². The van der Waals surface area contributed by atoms with E-state index in [1.54, 1.807) is 6.07 Å². The smallest absolute Gasteiger partial charge is 0.128 e. The first-order valence-corrected chi connectivity index (χ1v) is 8.17. The van der Waals surface area contributed by atoms with E-state index in [9.17, 15) is 4.39 Å². The van der Waals surface area contributed by atoms with E-state index in [1.807, 2.05) is 50.2 Å². The van der Waals surface area contributed by atoms with Gasteiger partial charge in [-0.2, -0.15) is 0 Å². The Labute approximate surface area is 138 Å². The first-order valence-electron chi connectivity index (χ1n) is 8.17. The zero-order chi connectivity index (χ0) is 16.7. The fourth-order valence-electron chi connectivity index (χ4n) is 2.55. The van der Waals surface area contributed by atoms with Gasteiger partial charge in [0.05, 0.1) is 17.4 Å². The molecule has 0 aliphatic rings. The first kappa shape index (κ1) is 17.3. The number of rotatable bonds is 8. The number of halogens is 1. The topological polar surface area (TPSA) is 50.1 Å². The van der Waals surface area contributed by atoms with Crippen LogP contribution in [0.2, 0.25) is 0 Å². The molecule has 0 aromatic heterocycles. The Morgan fingerprint density at radius 3 is 2.52 bits per heavy atom. The summed E-state index contributed by atoms with van der Waals surface area (Å²) in [6, 6.07) is 13.3. The second kappa shape index (κ2) is 8.53. The van der Waals surface area contributed by atoms with Crippen LogP contribution in [0.1, 0.15) is 36.9 Å². The lowest BCUT2D eigenvalue weighted by molar-refractivity contribution is 0.599. The minimum atomic E-state index is -0.168. The van der Waals surface area contributed by atoms with Gasteiger partial charge in [0.2, 0.25) is 0 Å². The summed E-state index contributed by atoms with van der Waals surface area (Å²) < 4.78 is 14.1. The van der Waals surface area contributed by atoms with Crippen LogP contribution in [0.4, 0.5) is 15.8 Å². The Balaban J connectivity index is 2.06. The van der Waals surface area contributed by atoms with Gasteiger partial charge in [0, 0.05) is 12.1 Å². The van der Waals surface area contributed by atoms with Gasteiger partial charge >= 0.3 is 0 Å². The molecule has 3 nitrogen and oxygen atoms in total. The van der Waals surface area contributed by atoms with Crippen LogP contribution in [0, 0.1) is 12.7 Å². The van der Waals surface area contributed by atoms with E-state index in [4.69, 9.17) is 5.73 Å². The summed E-state index contributed by atoms with van der Waals surface area (Å²) in [6.07, 6.45) is 2.04. The highest BCUT2D eigenvalue weighted by atomic mass is 19.1. The monoisotopic (exact) mass is 315 g/mol. The molecule has 0 amide bonds. The van der Waals surface area contributed by atoms with Gasteiger partial charge in [0.15, 0.2) is 0 Å². The molecule has 0 radical (unpaired) electrons. The van der Waals surface area contributed by atoms with Gasteiger partial charge < -0.3 is 16.4 Å². The van der Waals surface area contributed by atoms with E-state index in [1.165, 1.54) is 0 Å². The molecule has 0 aliphatic heterocycles. The molecule has 0 spiro atoms. The van der Waals surface area contributed by atoms with Crippen molar-refractivity contribution < 1.29 is 4.39 Å². The number of benzene rings is 2. The van der Waals surface area contributed by atoms with Crippen LogP contribution in [-0.4, -0.2) is 13.1 Å². The van der Waals surface area contributed by atoms with Crippen molar-refractivity contribution in [2.24, 2.45) is 5.73 Å². The molecule has 4 heteroatoms. The van der Waals surface area contributed by atoms with Gasteiger partial charge in [-0.1, -0.05) is 24.3 Å². The quantitative estimate of drug-likeness (QED) is 0.630. The van der Waals surface area contributed by atoms with Crippen LogP contribution in [-0.2, 0) is 0 Å². The molecule has 2 aromatic rings. The molecule has 0 bridgehead atoms. The number of hydrogen-bond acceptors (Lipinski definition) is 3. The molecule has 4 N–H and O–H groups in total. The predicted molar refractivity (Wildman–Crippen MR) is 96.4 cm³/mol. The van der Waals surface area contributed by atoms with Crippen molar-refractivity contribution in [1.29, 1.82) is 0 Å². The standard InChI is InChI=1S/C19H26FN3/c1-14-9-10-16(17(20)13-14)15(2)23-19-8-4-3-7-18(19)22-12-6-5-11-21/h3-4,7-10,13,15,22-23H,5-6,11-12,21H2,1-2H3. The average Bonchev–Trinajstić information content (AvgIpc) is 2.53. The first-order chi connectivity index (χ1) is 11.1. The highest BCUT2D eigenvalue weighted by molar-refractivity contribution is 5.69. The van der Waals surface area contributed by atoms with Crippen molar-refractivity contribution >= 4 is 11.4 Å². The minimum Gasteiger partial charge on any atom is -0.383 e. The van der Waals surface area contributed by atoms with Crippen LogP contribution in [0.5, 0.6) is 0 Å². The summed E-state index contributed by atoms with van der Waals surface area (Å²) >= 11 is 0. The number of nitrogens with one attached hydrogen (secondary N) is 2. The molecule has 0 saturated heterocycles. The van der Waals surface area contributed by atoms with Crippen LogP contribution in [0.25, 0.3) is 0 Å². The molecule has 23 heavy (non-hydrogen) atoms. The van der Waals surface area contributed by atoms with Gasteiger partial charge in [-0.15, -0.1) is 0 Å². The van der Waals surface area contributed by atoms with Gasteiger partial charge in [0.25, 0.3) is 0 Å². The molecule has 0 heterocycles. The number of nitrogens with two attached hydrogens (primary N) is 1. The second-order valence-electron chi connectivity index (χ2n) is 5.86. The van der Waals surface area contributed by atoms with Crippen molar-refractivity contribution in [3.8, 4) is 0 Å². The van der Waals surface area contributed by atoms with Crippen LogP contribution in [0.3, 0.4) is 0 Å². The van der Waals surface area contributed by atoms with Crippen LogP contribution >= 0.6 is 0 Å². The normalized spacial score (nSPS) is 12.0. The number of para-hydroxylation sites is 2. The maximum absolute atomic E-state index is 14.1. The molecular formula is C19H26FN3. The predicted octanol–water partition coefficient (Wildman–Crippen LogP) is 4.46. The SMILES string of the molecule is Cc1ccc(C(C)Nc2ccccc2NCCCCN)c(F)c1. The lowest BCUT2D eigenvalue weighted by Gasteiger charge is -2.20. The van der Waals surface area contributed by atoms with Crippen molar-refractivity contribution in [3.05, 3.63) is 59.4 Å². The maximum atomic E-state index is 14.1. The Bertz CT molecular complexity index is 628. The van der Waals surface area contributed by atoms with Gasteiger partial charge in [-0.05, 0) is 57.0 Å². The van der Waals surface area contributed by atoms with Gasteiger partial charge in [-0.3, -0.25) is 0 Å². The molecule has 124 valence electrons. The summed E-state index contributed by atoms with van der Waals surface area (Å²) in [5, 5.41) is 6.82. The van der Waals surface area contributed by atoms with Crippen molar-refractivity contribution in [2.75, 3.05) is 23.7 Å². The van der Waals surface area contributed by atoms with Crippen LogP contribution < -0.4 is 16.4 Å². The van der Waals surface area contributed by atoms with Crippen LogP contribution in [0.15, 0.2) is 42.5 Å². The summed E-state index contributed by atoms with van der Waals surface area (Å²) in [7, 11) is 0. The van der Waals surface area contributed by atoms with Gasteiger partial charge in [0.1, 0.15) is 5.82 Å². The largest absolute Gasteiger partial charge is 0.383 e. The molecule has 0 saturated carbocycles. The molecule has 2 rings (SSSR count). The molecular weight excluding hydrogens is 289 g/mol. The van der Waals surface area contributed by atoms with Gasteiger partial charge in [-0.25, -0.2) is 4.39 Å². The van der Waals surface area contributed by atoms with E-state index in [-0.39, 0.29) is 11.9 Å². The molecule has 1 unspecified atom stereocenters. The van der Waals surface area contributed by atoms with Crippen molar-refractivity contribution in [2.45, 2.75) is 32.7 Å². The highest BCUT2D eigenvalue weighted by Crippen LogP contribution is 2.27. The molecule has 2 aromatic carbocycles. The Morgan fingerprint density at radius 2 is 1.83 bits per heavy atom. The lowest BCUT2D eigenvalue weighted by Crippen LogP contribution is -2.12. The average molecular weight is 315 g/mol. The number of hydrogen-bond donors (Lipinski definition) is 3. The van der Waals surface area contributed by atoms with E-state index in [0.717, 1.165) is 36.3 Å². The summed E-state index contributed by atoms with van der Waals surface area (Å²) in [5.74, 6) is -0.168. The third-order valence-electron chi connectivity index (χ3n) is 3.87. The summed E-state index contributed by atoms with van der Waals surface area (Å²) in [4.78, 5) is 0. The Kier molecular flexibility index (Phi) is 6.41. The van der Waals surface area contributed by atoms with Crippen molar-refractivity contribution in [1.82, 2.24) is 0 Å². The third-order valence-corrected chi connectivity index (χ3v) is 3.87. The van der Waals surface area contributed by atoms with Crippen molar-refractivity contribution in [3.63, 3.8) is 0 Å². The fraction of sp³-hybridized carbons (Fsp3) is 0.368. The third kappa shape index (κ3) is 4.96. The molecule has 1 atom stereocenters. The maximum Gasteiger partial charge on any atom is 0.128 e. The second-order valence-corrected chi connectivity index (χ2v) is 5.86. The summed E-state index contributed by atoms with van der Waals surface area (Å²) in [6.45, 7) is 5.46. The lowest BCUT2D eigenvalue weighted by atomic mass is 10.1. The Morgan fingerprint density at radius 1 is 1.09 bits per heavy atom. The minimum absolute atomic E-state index is 0.109. The highest BCUT2D eigenvalue weighted by Gasteiger charge is 2.12. The number of unbranched alkanes of at least 4 members (excludes halogenated alkanes) is 1. The molecule has 0 aliphatic carbocycles. The Hall–Kier alpha value is -2.07. The number of anilines is 2.